The van der Waals surface area contributed by atoms with E-state index in [1.54, 1.807) is 0 Å². The van der Waals surface area contributed by atoms with Gasteiger partial charge in [0.15, 0.2) is 0 Å². The maximum atomic E-state index is 9.71. The maximum absolute atomic E-state index is 9.71. The number of anilines is 2. The molecule has 5 heteroatoms. The Labute approximate surface area is 101 Å². The summed E-state index contributed by atoms with van der Waals surface area (Å²) in [5.41, 5.74) is 6.65. The second kappa shape index (κ2) is 4.14. The molecule has 4 N–H and O–H groups in total. The lowest BCUT2D eigenvalue weighted by Gasteiger charge is -2.49. The minimum absolute atomic E-state index is 0.120. The number of nitrogens with two attached hydrogens (primary N) is 1. The Balaban J connectivity index is 2.18. The third kappa shape index (κ3) is 1.95. The number of nitrogens with zero attached hydrogens (tertiary/aromatic N) is 2. The summed E-state index contributed by atoms with van der Waals surface area (Å²) >= 11 is 0. The fourth-order valence-corrected chi connectivity index (χ4v) is 2.21. The van der Waals surface area contributed by atoms with E-state index >= 15 is 0 Å². The summed E-state index contributed by atoms with van der Waals surface area (Å²) in [6.45, 7) is 6.13. The molecule has 2 atom stereocenters. The zero-order chi connectivity index (χ0) is 12.6. The van der Waals surface area contributed by atoms with E-state index in [9.17, 15) is 5.11 Å². The van der Waals surface area contributed by atoms with E-state index in [-0.39, 0.29) is 17.6 Å². The van der Waals surface area contributed by atoms with Crippen molar-refractivity contribution < 1.29 is 5.11 Å². The van der Waals surface area contributed by atoms with E-state index in [0.29, 0.717) is 5.82 Å². The van der Waals surface area contributed by atoms with Gasteiger partial charge in [0.05, 0.1) is 6.10 Å². The molecule has 0 bridgehead atoms. The molecule has 1 aliphatic carbocycles. The van der Waals surface area contributed by atoms with Crippen molar-refractivity contribution in [2.75, 3.05) is 11.1 Å². The van der Waals surface area contributed by atoms with E-state index in [1.165, 1.54) is 6.33 Å². The molecule has 1 aliphatic rings. The van der Waals surface area contributed by atoms with Gasteiger partial charge in [0, 0.05) is 17.0 Å². The normalized spacial score (nSPS) is 26.4. The Morgan fingerprint density at radius 1 is 1.53 bits per heavy atom. The van der Waals surface area contributed by atoms with Crippen molar-refractivity contribution in [3.8, 4) is 0 Å². The van der Waals surface area contributed by atoms with Gasteiger partial charge in [-0.3, -0.25) is 0 Å². The van der Waals surface area contributed by atoms with Crippen molar-refractivity contribution >= 4 is 11.6 Å². The van der Waals surface area contributed by atoms with Gasteiger partial charge in [-0.1, -0.05) is 20.8 Å². The highest BCUT2D eigenvalue weighted by molar-refractivity contribution is 5.55. The lowest BCUT2D eigenvalue weighted by atomic mass is 9.64. The van der Waals surface area contributed by atoms with E-state index in [0.717, 1.165) is 24.2 Å². The predicted molar refractivity (Wildman–Crippen MR) is 67.6 cm³/mol. The van der Waals surface area contributed by atoms with Crippen LogP contribution in [-0.2, 0) is 6.42 Å². The summed E-state index contributed by atoms with van der Waals surface area (Å²) in [6, 6.07) is 0.233. The smallest absolute Gasteiger partial charge is 0.134 e. The molecule has 5 nitrogen and oxygen atoms in total. The zero-order valence-electron chi connectivity index (χ0n) is 10.6. The average Bonchev–Trinajstić information content (AvgIpc) is 2.29. The predicted octanol–water partition coefficient (Wildman–Crippen LogP) is 1.19. The Kier molecular flexibility index (Phi) is 2.95. The molecule has 17 heavy (non-hydrogen) atoms. The van der Waals surface area contributed by atoms with Crippen LogP contribution in [0.25, 0.3) is 0 Å². The van der Waals surface area contributed by atoms with Crippen LogP contribution >= 0.6 is 0 Å². The molecule has 1 saturated carbocycles. The van der Waals surface area contributed by atoms with Crippen molar-refractivity contribution in [3.05, 3.63) is 11.9 Å². The van der Waals surface area contributed by atoms with E-state index in [2.05, 4.69) is 29.1 Å². The van der Waals surface area contributed by atoms with Crippen molar-refractivity contribution in [1.82, 2.24) is 9.97 Å². The lowest BCUT2D eigenvalue weighted by molar-refractivity contribution is -0.0511. The third-order valence-electron chi connectivity index (χ3n) is 3.86. The van der Waals surface area contributed by atoms with Crippen LogP contribution in [0.3, 0.4) is 0 Å². The zero-order valence-corrected chi connectivity index (χ0v) is 10.6. The summed E-state index contributed by atoms with van der Waals surface area (Å²) in [5, 5.41) is 13.1. The van der Waals surface area contributed by atoms with Crippen LogP contribution in [0.5, 0.6) is 0 Å². The first-order chi connectivity index (χ1) is 7.96. The minimum atomic E-state index is -0.246. The fraction of sp³-hybridized carbons (Fsp3) is 0.667. The first kappa shape index (κ1) is 12.1. The number of aliphatic hydroxyl groups is 1. The van der Waals surface area contributed by atoms with Gasteiger partial charge in [0.1, 0.15) is 18.0 Å². The molecule has 0 aliphatic heterocycles. The summed E-state index contributed by atoms with van der Waals surface area (Å²) in [5.74, 6) is 1.33. The van der Waals surface area contributed by atoms with Crippen LogP contribution in [-0.4, -0.2) is 27.2 Å². The van der Waals surface area contributed by atoms with Gasteiger partial charge in [0.2, 0.25) is 0 Å². The van der Waals surface area contributed by atoms with Gasteiger partial charge in [-0.05, 0) is 12.8 Å². The summed E-state index contributed by atoms with van der Waals surface area (Å²) < 4.78 is 0. The number of aliphatic hydroxyl groups excluding tert-OH is 1. The molecule has 0 aromatic carbocycles. The number of hydrogen-bond acceptors (Lipinski definition) is 5. The van der Waals surface area contributed by atoms with Crippen molar-refractivity contribution in [2.24, 2.45) is 5.41 Å². The lowest BCUT2D eigenvalue weighted by Crippen LogP contribution is -2.57. The number of hydrogen-bond donors (Lipinski definition) is 3. The molecule has 2 unspecified atom stereocenters. The highest BCUT2D eigenvalue weighted by atomic mass is 16.3. The summed E-state index contributed by atoms with van der Waals surface area (Å²) in [7, 11) is 0. The molecule has 0 saturated heterocycles. The van der Waals surface area contributed by atoms with Crippen LogP contribution in [0.4, 0.5) is 11.6 Å². The Hall–Kier alpha value is -1.36. The number of aromatic nitrogens is 2. The molecule has 2 rings (SSSR count). The van der Waals surface area contributed by atoms with E-state index in [4.69, 9.17) is 5.73 Å². The topological polar surface area (TPSA) is 84.1 Å². The fourth-order valence-electron chi connectivity index (χ4n) is 2.21. The van der Waals surface area contributed by atoms with Crippen LogP contribution < -0.4 is 11.1 Å². The second-order valence-electron chi connectivity index (χ2n) is 5.21. The van der Waals surface area contributed by atoms with E-state index < -0.39 is 0 Å². The van der Waals surface area contributed by atoms with Gasteiger partial charge < -0.3 is 16.2 Å². The molecule has 1 aromatic rings. The molecular formula is C12H20N4O. The van der Waals surface area contributed by atoms with E-state index in [1.807, 2.05) is 6.92 Å². The van der Waals surface area contributed by atoms with Crippen LogP contribution in [0, 0.1) is 5.41 Å². The Morgan fingerprint density at radius 2 is 2.24 bits per heavy atom. The van der Waals surface area contributed by atoms with Gasteiger partial charge in [-0.25, -0.2) is 9.97 Å². The van der Waals surface area contributed by atoms with Crippen molar-refractivity contribution in [3.63, 3.8) is 0 Å². The average molecular weight is 236 g/mol. The largest absolute Gasteiger partial charge is 0.392 e. The SMILES string of the molecule is CCc1c(N)ncnc1NC1CC(O)C1(C)C. The quantitative estimate of drug-likeness (QED) is 0.734. The highest BCUT2D eigenvalue weighted by Crippen LogP contribution is 2.42. The van der Waals surface area contributed by atoms with Gasteiger partial charge in [0.25, 0.3) is 0 Å². The third-order valence-corrected chi connectivity index (χ3v) is 3.86. The highest BCUT2D eigenvalue weighted by Gasteiger charge is 2.47. The summed E-state index contributed by atoms with van der Waals surface area (Å²) in [4.78, 5) is 8.23. The molecule has 1 heterocycles. The Bertz CT molecular complexity index is 419. The number of rotatable bonds is 3. The van der Waals surface area contributed by atoms with Crippen molar-refractivity contribution in [2.45, 2.75) is 45.8 Å². The standard InChI is InChI=1S/C12H20N4O/c1-4-7-10(13)14-6-15-11(7)16-8-5-9(17)12(8,2)3/h6,8-9,17H,4-5H2,1-3H3,(H3,13,14,15,16). The second-order valence-corrected chi connectivity index (χ2v) is 5.21. The molecule has 0 spiro atoms. The molecule has 1 aromatic heterocycles. The number of nitrogens with one attached hydrogen (secondary N) is 1. The maximum Gasteiger partial charge on any atom is 0.134 e. The molecule has 0 radical (unpaired) electrons. The molecule has 0 amide bonds. The van der Waals surface area contributed by atoms with Gasteiger partial charge in [-0.2, -0.15) is 0 Å². The van der Waals surface area contributed by atoms with Crippen LogP contribution in [0.2, 0.25) is 0 Å². The minimum Gasteiger partial charge on any atom is -0.392 e. The number of nitrogen functional groups attached to an aromatic ring is 1. The molecule has 94 valence electrons. The first-order valence-corrected chi connectivity index (χ1v) is 6.00. The Morgan fingerprint density at radius 3 is 2.76 bits per heavy atom. The molecular weight excluding hydrogens is 216 g/mol. The van der Waals surface area contributed by atoms with Crippen molar-refractivity contribution in [1.29, 1.82) is 0 Å². The first-order valence-electron chi connectivity index (χ1n) is 6.00. The van der Waals surface area contributed by atoms with Gasteiger partial charge in [-0.15, -0.1) is 0 Å². The van der Waals surface area contributed by atoms with Gasteiger partial charge >= 0.3 is 0 Å². The monoisotopic (exact) mass is 236 g/mol. The summed E-state index contributed by atoms with van der Waals surface area (Å²) in [6.07, 6.45) is 2.77. The van der Waals surface area contributed by atoms with Crippen LogP contribution in [0.1, 0.15) is 32.8 Å². The molecule has 1 fully saturated rings. The van der Waals surface area contributed by atoms with Crippen LogP contribution in [0.15, 0.2) is 6.33 Å².